The number of hydrogen-bond acceptors (Lipinski definition) is 3. The van der Waals surface area contributed by atoms with Crippen molar-refractivity contribution in [3.05, 3.63) is 53.0 Å². The fourth-order valence-corrected chi connectivity index (χ4v) is 1.37. The number of benzene rings is 1. The Labute approximate surface area is 134 Å². The van der Waals surface area contributed by atoms with E-state index in [1.807, 2.05) is 24.3 Å². The lowest BCUT2D eigenvalue weighted by atomic mass is 10.2. The van der Waals surface area contributed by atoms with Crippen molar-refractivity contribution in [2.24, 2.45) is 0 Å². The van der Waals surface area contributed by atoms with Crippen molar-refractivity contribution in [2.75, 3.05) is 11.9 Å². The Morgan fingerprint density at radius 3 is 2.35 bits per heavy atom. The average Bonchev–Trinajstić information content (AvgIpc) is 2.44. The van der Waals surface area contributed by atoms with Crippen molar-refractivity contribution in [2.45, 2.75) is 0 Å². The fourth-order valence-electron chi connectivity index (χ4n) is 0.939. The van der Waals surface area contributed by atoms with E-state index in [1.165, 1.54) is 0 Å². The molecule has 4 nitrogen and oxygen atoms in total. The minimum absolute atomic E-state index is 0.371. The van der Waals surface area contributed by atoms with Crippen LogP contribution >= 0.6 is 31.9 Å². The smallest absolute Gasteiger partial charge is 0.330 e. The molecule has 0 aliphatic carbocycles. The molecule has 1 N–H and O–H groups in total. The van der Waals surface area contributed by atoms with E-state index in [1.54, 1.807) is 6.08 Å². The van der Waals surface area contributed by atoms with Crippen molar-refractivity contribution < 1.29 is 19.4 Å². The number of carboxylic acids is 1. The second-order valence-corrected chi connectivity index (χ2v) is 4.99. The zero-order valence-corrected chi connectivity index (χ0v) is 13.8. The summed E-state index contributed by atoms with van der Waals surface area (Å²) < 4.78 is 5.52. The number of carboxylic acid groups (broad SMARTS) is 1. The van der Waals surface area contributed by atoms with Gasteiger partial charge in [-0.1, -0.05) is 50.6 Å². The van der Waals surface area contributed by atoms with Crippen molar-refractivity contribution in [1.29, 1.82) is 0 Å². The molecule has 1 aromatic carbocycles. The summed E-state index contributed by atoms with van der Waals surface area (Å²) in [6, 6.07) is 7.40. The molecule has 0 aliphatic heterocycles. The number of hydrogen-bond donors (Lipinski definition) is 1. The maximum Gasteiger partial charge on any atom is 0.330 e. The molecule has 0 radical (unpaired) electrons. The van der Waals surface area contributed by atoms with Gasteiger partial charge in [-0.3, -0.25) is 0 Å². The largest absolute Gasteiger partial charge is 0.478 e. The molecule has 0 unspecified atom stereocenters. The Bertz CT molecular complexity index is 467. The van der Waals surface area contributed by atoms with Gasteiger partial charge in [0.1, 0.15) is 6.61 Å². The molecule has 0 heterocycles. The van der Waals surface area contributed by atoms with E-state index in [-0.39, 0.29) is 5.97 Å². The van der Waals surface area contributed by atoms with Crippen LogP contribution in [-0.2, 0) is 14.3 Å². The Morgan fingerprint density at radius 2 is 1.90 bits per heavy atom. The molecule has 0 bridgehead atoms. The molecule has 0 atom stereocenters. The lowest BCUT2D eigenvalue weighted by Gasteiger charge is -1.94. The molecule has 108 valence electrons. The predicted octanol–water partition coefficient (Wildman–Crippen LogP) is 3.66. The van der Waals surface area contributed by atoms with Crippen LogP contribution in [0.1, 0.15) is 5.56 Å². The van der Waals surface area contributed by atoms with Gasteiger partial charge < -0.3 is 9.84 Å². The van der Waals surface area contributed by atoms with Gasteiger partial charge in [-0.2, -0.15) is 0 Å². The van der Waals surface area contributed by atoms with E-state index in [4.69, 9.17) is 5.11 Å². The van der Waals surface area contributed by atoms with Gasteiger partial charge >= 0.3 is 11.9 Å². The van der Waals surface area contributed by atoms with Crippen LogP contribution in [0.15, 0.2) is 47.5 Å². The number of carbonyl (C=O) groups excluding carboxylic acids is 1. The summed E-state index contributed by atoms with van der Waals surface area (Å²) in [4.78, 5) is 20.4. The molecule has 0 saturated carbocycles. The third-order valence-electron chi connectivity index (χ3n) is 1.78. The molecular weight excluding hydrogens is 392 g/mol. The predicted molar refractivity (Wildman–Crippen MR) is 85.8 cm³/mol. The number of halogens is 2. The Morgan fingerprint density at radius 1 is 1.30 bits per heavy atom. The first kappa shape index (κ1) is 18.6. The third-order valence-corrected chi connectivity index (χ3v) is 2.63. The Kier molecular flexibility index (Phi) is 10.6. The minimum atomic E-state index is -0.932. The highest BCUT2D eigenvalue weighted by Crippen LogP contribution is 2.11. The van der Waals surface area contributed by atoms with Crippen molar-refractivity contribution >= 4 is 49.9 Å². The zero-order valence-electron chi connectivity index (χ0n) is 10.6. The molecule has 1 aromatic rings. The zero-order chi connectivity index (χ0) is 15.4. The fraction of sp³-hybridized carbons (Fsp3) is 0.143. The summed E-state index contributed by atoms with van der Waals surface area (Å²) in [5, 5.41) is 9.01. The molecule has 0 spiro atoms. The van der Waals surface area contributed by atoms with Crippen LogP contribution in [0.5, 0.6) is 0 Å². The highest BCUT2D eigenvalue weighted by Gasteiger charge is 1.90. The summed E-state index contributed by atoms with van der Waals surface area (Å²) in [7, 11) is 0. The number of rotatable bonds is 5. The molecule has 0 aliphatic rings. The van der Waals surface area contributed by atoms with Crippen LogP contribution < -0.4 is 0 Å². The van der Waals surface area contributed by atoms with E-state index in [0.717, 1.165) is 22.2 Å². The third kappa shape index (κ3) is 10.5. The highest BCUT2D eigenvalue weighted by molar-refractivity contribution is 9.10. The van der Waals surface area contributed by atoms with Gasteiger partial charge in [-0.25, -0.2) is 9.59 Å². The number of aliphatic carboxylic acids is 1. The first-order valence-electron chi connectivity index (χ1n) is 5.51. The number of alkyl halides is 1. The highest BCUT2D eigenvalue weighted by atomic mass is 79.9. The summed E-state index contributed by atoms with van der Waals surface area (Å²) in [5.41, 5.74) is 0.876. The lowest BCUT2D eigenvalue weighted by molar-refractivity contribution is -0.137. The Balaban J connectivity index is 0.000000396. The summed E-state index contributed by atoms with van der Waals surface area (Å²) >= 11 is 6.38. The molecule has 0 saturated heterocycles. The van der Waals surface area contributed by atoms with E-state index >= 15 is 0 Å². The molecule has 1 rings (SSSR count). The van der Waals surface area contributed by atoms with Gasteiger partial charge in [0.2, 0.25) is 0 Å². The number of esters is 1. The first-order chi connectivity index (χ1) is 9.49. The summed E-state index contributed by atoms with van der Waals surface area (Å²) in [5.74, 6) is -1.30. The van der Waals surface area contributed by atoms with Gasteiger partial charge in [-0.15, -0.1) is 0 Å². The molecule has 6 heteroatoms. The van der Waals surface area contributed by atoms with Gasteiger partial charge in [0.15, 0.2) is 0 Å². The summed E-state index contributed by atoms with van der Waals surface area (Å²) in [6.07, 6.45) is 3.81. The van der Waals surface area contributed by atoms with Crippen LogP contribution in [0, 0.1) is 0 Å². The second kappa shape index (κ2) is 11.4. The van der Waals surface area contributed by atoms with Crippen LogP contribution in [0.2, 0.25) is 0 Å². The van der Waals surface area contributed by atoms with Crippen LogP contribution in [0.4, 0.5) is 0 Å². The first-order valence-corrected chi connectivity index (χ1v) is 7.42. The monoisotopic (exact) mass is 404 g/mol. The lowest BCUT2D eigenvalue weighted by Crippen LogP contribution is -2.01. The van der Waals surface area contributed by atoms with Gasteiger partial charge in [0.25, 0.3) is 0 Å². The number of carbonyl (C=O) groups is 2. The van der Waals surface area contributed by atoms with E-state index in [0.29, 0.717) is 11.9 Å². The topological polar surface area (TPSA) is 63.6 Å². The Hall–Kier alpha value is -1.40. The molecule has 0 fully saturated rings. The van der Waals surface area contributed by atoms with Gasteiger partial charge in [0, 0.05) is 22.0 Å². The molecule has 0 amide bonds. The quantitative estimate of drug-likeness (QED) is 0.461. The van der Waals surface area contributed by atoms with Crippen molar-refractivity contribution in [3.63, 3.8) is 0 Å². The maximum atomic E-state index is 10.2. The van der Waals surface area contributed by atoms with Crippen LogP contribution in [-0.4, -0.2) is 29.0 Å². The average molecular weight is 406 g/mol. The molecule has 20 heavy (non-hydrogen) atoms. The van der Waals surface area contributed by atoms with Crippen molar-refractivity contribution in [3.8, 4) is 0 Å². The normalized spacial score (nSPS) is 9.50. The molecular formula is C14H14Br2O4. The van der Waals surface area contributed by atoms with Gasteiger partial charge in [0.05, 0.1) is 0 Å². The van der Waals surface area contributed by atoms with Crippen molar-refractivity contribution in [1.82, 2.24) is 0 Å². The summed E-state index contributed by atoms with van der Waals surface area (Å²) in [6.45, 7) is 3.63. The van der Waals surface area contributed by atoms with E-state index < -0.39 is 5.97 Å². The van der Waals surface area contributed by atoms with Crippen LogP contribution in [0.3, 0.4) is 0 Å². The van der Waals surface area contributed by atoms with Gasteiger partial charge in [-0.05, 0) is 23.8 Å². The second-order valence-electron chi connectivity index (χ2n) is 3.28. The maximum absolute atomic E-state index is 10.2. The number of ether oxygens (including phenoxy) is 1. The van der Waals surface area contributed by atoms with E-state index in [9.17, 15) is 9.59 Å². The van der Waals surface area contributed by atoms with E-state index in [2.05, 4.69) is 43.2 Å². The van der Waals surface area contributed by atoms with Crippen LogP contribution in [0.25, 0.3) is 6.08 Å². The SMILES string of the molecule is C=CC(=O)OCCBr.O=C(O)C=Cc1ccc(Br)cc1. The standard InChI is InChI=1S/C9H7BrO2.C5H7BrO2/c10-8-4-1-7(2-5-8)3-6-9(11)12;1-2-5(7)8-4-3-6/h1-6H,(H,11,12);2H,1,3-4H2. The minimum Gasteiger partial charge on any atom is -0.478 e. The molecule has 0 aromatic heterocycles.